The average Bonchev–Trinajstić information content (AvgIpc) is 3.27. The standard InChI is InChI=1S/C27H32F3N5O5S/c1-25(2,3)40-24(37)34-22-26(4,5)41(38)20(11-12-32-41)27(6,35-22)17-13-15(7-9-18(17)28)33-21(36)19-10-8-16(14-31-19)39-23(29)30/h7-10,13-14,20,23H,11-12H2,1-6H3,(H,33,36)(H,34,35,37)/t20-,27+,41?/m0/s1. The first-order valence-electron chi connectivity index (χ1n) is 12.8. The normalized spacial score (nSPS) is 25.0. The summed E-state index contributed by atoms with van der Waals surface area (Å²) in [4.78, 5) is 34.1. The summed E-state index contributed by atoms with van der Waals surface area (Å²) >= 11 is 0. The average molecular weight is 596 g/mol. The summed E-state index contributed by atoms with van der Waals surface area (Å²) in [7, 11) is -3.08. The number of aromatic nitrogens is 1. The second kappa shape index (κ2) is 10.6. The maximum Gasteiger partial charge on any atom is 0.413 e. The fourth-order valence-electron chi connectivity index (χ4n) is 4.93. The smallest absolute Gasteiger partial charge is 0.413 e. The summed E-state index contributed by atoms with van der Waals surface area (Å²) in [5, 5.41) is 4.54. The number of rotatable bonds is 5. The van der Waals surface area contributed by atoms with Crippen molar-refractivity contribution in [1.29, 1.82) is 0 Å². The molecule has 2 aliphatic rings. The Hall–Kier alpha value is -3.68. The molecule has 41 heavy (non-hydrogen) atoms. The summed E-state index contributed by atoms with van der Waals surface area (Å²) in [5.41, 5.74) is -2.11. The molecule has 3 heterocycles. The molecule has 0 bridgehead atoms. The molecule has 0 saturated carbocycles. The zero-order valence-electron chi connectivity index (χ0n) is 23.5. The van der Waals surface area contributed by atoms with Gasteiger partial charge in [-0.1, -0.05) is 0 Å². The van der Waals surface area contributed by atoms with E-state index in [1.54, 1.807) is 41.5 Å². The van der Waals surface area contributed by atoms with Crippen LogP contribution >= 0.6 is 0 Å². The number of amidine groups is 1. The van der Waals surface area contributed by atoms with E-state index in [4.69, 9.17) is 9.73 Å². The van der Waals surface area contributed by atoms with Gasteiger partial charge in [0.1, 0.15) is 39.0 Å². The second-order valence-corrected chi connectivity index (χ2v) is 14.3. The maximum absolute atomic E-state index is 15.5. The number of aliphatic imine (C=N–C) groups is 1. The van der Waals surface area contributed by atoms with Gasteiger partial charge in [-0.25, -0.2) is 22.7 Å². The summed E-state index contributed by atoms with van der Waals surface area (Å²) < 4.78 is 67.6. The highest BCUT2D eigenvalue weighted by atomic mass is 32.2. The molecule has 0 aliphatic carbocycles. The fraction of sp³-hybridized carbons (Fsp3) is 0.481. The quantitative estimate of drug-likeness (QED) is 0.486. The van der Waals surface area contributed by atoms with E-state index in [-0.39, 0.29) is 35.1 Å². The van der Waals surface area contributed by atoms with Crippen LogP contribution in [-0.4, -0.2) is 55.8 Å². The Morgan fingerprint density at radius 2 is 1.83 bits per heavy atom. The molecule has 222 valence electrons. The lowest BCUT2D eigenvalue weighted by Gasteiger charge is -2.45. The van der Waals surface area contributed by atoms with Gasteiger partial charge in [-0.3, -0.25) is 15.1 Å². The summed E-state index contributed by atoms with van der Waals surface area (Å²) in [6.45, 7) is 7.29. The maximum atomic E-state index is 15.5. The predicted molar refractivity (Wildman–Crippen MR) is 147 cm³/mol. The van der Waals surface area contributed by atoms with Gasteiger partial charge in [0.2, 0.25) is 0 Å². The van der Waals surface area contributed by atoms with Crippen LogP contribution in [0, 0.1) is 5.82 Å². The highest BCUT2D eigenvalue weighted by molar-refractivity contribution is 7.96. The number of fused-ring (bicyclic) bond motifs is 1. The molecule has 4 rings (SSSR count). The molecule has 2 aliphatic heterocycles. The van der Waals surface area contributed by atoms with Gasteiger partial charge in [-0.05, 0) is 78.3 Å². The van der Waals surface area contributed by atoms with Crippen molar-refractivity contribution < 1.29 is 36.4 Å². The fourth-order valence-corrected chi connectivity index (χ4v) is 8.12. The molecule has 2 amide bonds. The molecular formula is C27H32F3N5O5S. The van der Waals surface area contributed by atoms with Crippen LogP contribution in [0.3, 0.4) is 0 Å². The Labute approximate surface area is 236 Å². The van der Waals surface area contributed by atoms with Gasteiger partial charge < -0.3 is 14.8 Å². The molecule has 0 saturated heterocycles. The molecule has 1 unspecified atom stereocenters. The number of nitrogens with zero attached hydrogens (tertiary/aromatic N) is 3. The van der Waals surface area contributed by atoms with Gasteiger partial charge in [-0.15, -0.1) is 0 Å². The Morgan fingerprint density at radius 3 is 2.44 bits per heavy atom. The van der Waals surface area contributed by atoms with Crippen molar-refractivity contribution in [3.8, 4) is 5.75 Å². The van der Waals surface area contributed by atoms with E-state index >= 15 is 4.39 Å². The Balaban J connectivity index is 1.71. The number of halogens is 3. The molecule has 3 atom stereocenters. The third kappa shape index (κ3) is 5.88. The lowest BCUT2D eigenvalue weighted by atomic mass is 9.85. The summed E-state index contributed by atoms with van der Waals surface area (Å²) in [6.07, 6.45) is 0.551. The molecule has 10 nitrogen and oxygen atoms in total. The van der Waals surface area contributed by atoms with Crippen LogP contribution in [0.2, 0.25) is 0 Å². The highest BCUT2D eigenvalue weighted by Gasteiger charge is 2.57. The van der Waals surface area contributed by atoms with E-state index in [1.807, 2.05) is 0 Å². The zero-order valence-corrected chi connectivity index (χ0v) is 24.3. The monoisotopic (exact) mass is 595 g/mol. The van der Waals surface area contributed by atoms with Gasteiger partial charge in [0.05, 0.1) is 21.2 Å². The van der Waals surface area contributed by atoms with Crippen LogP contribution in [-0.2, 0) is 20.0 Å². The number of carbonyl (C=O) groups excluding carboxylic acids is 2. The van der Waals surface area contributed by atoms with Gasteiger partial charge in [0, 0.05) is 17.8 Å². The highest BCUT2D eigenvalue weighted by Crippen LogP contribution is 2.48. The predicted octanol–water partition coefficient (Wildman–Crippen LogP) is 5.25. The Morgan fingerprint density at radius 1 is 1.12 bits per heavy atom. The zero-order chi connectivity index (χ0) is 30.4. The van der Waals surface area contributed by atoms with Crippen molar-refractivity contribution in [2.24, 2.45) is 9.36 Å². The third-order valence-corrected chi connectivity index (χ3v) is 10.6. The largest absolute Gasteiger partial charge is 0.444 e. The number of alkyl carbamates (subject to hydrolysis) is 1. The molecule has 2 N–H and O–H groups in total. The van der Waals surface area contributed by atoms with Gasteiger partial charge in [0.15, 0.2) is 0 Å². The van der Waals surface area contributed by atoms with E-state index < -0.39 is 55.3 Å². The summed E-state index contributed by atoms with van der Waals surface area (Å²) in [5.74, 6) is -1.51. The number of ether oxygens (including phenoxy) is 2. The van der Waals surface area contributed by atoms with Crippen LogP contribution in [0.1, 0.15) is 64.0 Å². The molecular weight excluding hydrogens is 563 g/mol. The van der Waals surface area contributed by atoms with Crippen molar-refractivity contribution in [3.63, 3.8) is 0 Å². The van der Waals surface area contributed by atoms with E-state index in [1.165, 1.54) is 24.3 Å². The molecule has 1 aromatic carbocycles. The molecule has 0 radical (unpaired) electrons. The first-order chi connectivity index (χ1) is 19.0. The van der Waals surface area contributed by atoms with E-state index in [2.05, 4.69) is 24.7 Å². The van der Waals surface area contributed by atoms with E-state index in [0.29, 0.717) is 6.42 Å². The van der Waals surface area contributed by atoms with Crippen LogP contribution in [0.4, 0.5) is 23.7 Å². The number of benzene rings is 1. The number of anilines is 1. The third-order valence-electron chi connectivity index (χ3n) is 6.92. The minimum Gasteiger partial charge on any atom is -0.444 e. The van der Waals surface area contributed by atoms with Gasteiger partial charge in [0.25, 0.3) is 5.91 Å². The molecule has 14 heteroatoms. The van der Waals surface area contributed by atoms with Crippen molar-refractivity contribution in [2.45, 2.75) is 75.7 Å². The first kappa shape index (κ1) is 30.3. The molecule has 1 aromatic heterocycles. The van der Waals surface area contributed by atoms with Crippen LogP contribution in [0.5, 0.6) is 5.75 Å². The lowest BCUT2D eigenvalue weighted by molar-refractivity contribution is -0.0500. The van der Waals surface area contributed by atoms with Crippen molar-refractivity contribution in [2.75, 3.05) is 11.9 Å². The number of pyridine rings is 1. The van der Waals surface area contributed by atoms with Crippen molar-refractivity contribution in [1.82, 2.24) is 10.3 Å². The number of alkyl halides is 2. The minimum absolute atomic E-state index is 0.0396. The number of hydrogen-bond acceptors (Lipinski definition) is 8. The molecule has 2 aromatic rings. The Kier molecular flexibility index (Phi) is 7.84. The number of hydrogen-bond donors (Lipinski definition) is 2. The van der Waals surface area contributed by atoms with E-state index in [9.17, 15) is 22.6 Å². The van der Waals surface area contributed by atoms with Crippen LogP contribution < -0.4 is 15.4 Å². The van der Waals surface area contributed by atoms with Crippen LogP contribution in [0.15, 0.2) is 45.9 Å². The molecule has 0 spiro atoms. The van der Waals surface area contributed by atoms with Crippen molar-refractivity contribution >= 4 is 33.3 Å². The first-order valence-corrected chi connectivity index (χ1v) is 14.4. The summed E-state index contributed by atoms with van der Waals surface area (Å²) in [6, 6.07) is 6.24. The Bertz CT molecular complexity index is 1510. The number of nitrogens with one attached hydrogen (secondary N) is 2. The lowest BCUT2D eigenvalue weighted by Crippen LogP contribution is -2.60. The van der Waals surface area contributed by atoms with Crippen molar-refractivity contribution in [3.05, 3.63) is 53.6 Å². The van der Waals surface area contributed by atoms with Crippen LogP contribution in [0.25, 0.3) is 0 Å². The SMILES string of the molecule is CC(C)(C)OC(=O)NC1=N[C@](C)(c2cc(NC(=O)c3ccc(OC(F)F)cn3)ccc2F)[C@@H]2CCN=S2(=O)C1(C)C. The van der Waals surface area contributed by atoms with Gasteiger partial charge in [-0.2, -0.15) is 8.78 Å². The minimum atomic E-state index is -3.08. The number of amides is 2. The second-order valence-electron chi connectivity index (χ2n) is 11.4. The van der Waals surface area contributed by atoms with E-state index in [0.717, 1.165) is 12.3 Å². The number of carbonyl (C=O) groups is 2. The van der Waals surface area contributed by atoms with Gasteiger partial charge >= 0.3 is 12.7 Å². The topological polar surface area (TPSA) is 131 Å². The molecule has 0 fully saturated rings.